The summed E-state index contributed by atoms with van der Waals surface area (Å²) < 4.78 is 10.3. The lowest BCUT2D eigenvalue weighted by Crippen LogP contribution is -2.10. The van der Waals surface area contributed by atoms with Crippen LogP contribution in [0.15, 0.2) is 6.20 Å². The molecule has 1 fully saturated rings. The van der Waals surface area contributed by atoms with Crippen molar-refractivity contribution in [1.29, 1.82) is 0 Å². The van der Waals surface area contributed by atoms with Crippen molar-refractivity contribution < 1.29 is 14.3 Å². The highest BCUT2D eigenvalue weighted by Gasteiger charge is 2.22. The van der Waals surface area contributed by atoms with Gasteiger partial charge in [0.2, 0.25) is 0 Å². The van der Waals surface area contributed by atoms with E-state index in [1.807, 2.05) is 0 Å². The van der Waals surface area contributed by atoms with Gasteiger partial charge in [0.25, 0.3) is 0 Å². The molecule has 0 bridgehead atoms. The Balaban J connectivity index is 2.01. The zero-order valence-corrected chi connectivity index (χ0v) is 10.1. The van der Waals surface area contributed by atoms with Gasteiger partial charge in [0.1, 0.15) is 0 Å². The normalized spacial score (nSPS) is 14.5. The fourth-order valence-corrected chi connectivity index (χ4v) is 1.40. The van der Waals surface area contributed by atoms with Gasteiger partial charge in [0, 0.05) is 6.20 Å². The SMILES string of the molecule is CCOC(=O)c1cnc(OCC2CC2)nc1C. The quantitative estimate of drug-likeness (QED) is 0.729. The molecule has 0 N–H and O–H groups in total. The molecule has 1 aromatic heterocycles. The van der Waals surface area contributed by atoms with E-state index < -0.39 is 5.97 Å². The number of hydrogen-bond acceptors (Lipinski definition) is 5. The molecule has 1 saturated carbocycles. The third-order valence-electron chi connectivity index (χ3n) is 2.60. The lowest BCUT2D eigenvalue weighted by atomic mass is 10.2. The second kappa shape index (κ2) is 5.12. The van der Waals surface area contributed by atoms with Crippen LogP contribution in [0.25, 0.3) is 0 Å². The number of carbonyl (C=O) groups excluding carboxylic acids is 1. The van der Waals surface area contributed by atoms with Crippen molar-refractivity contribution >= 4 is 5.97 Å². The maximum Gasteiger partial charge on any atom is 0.341 e. The molecule has 0 saturated heterocycles. The summed E-state index contributed by atoms with van der Waals surface area (Å²) in [5.74, 6) is 0.266. The molecule has 17 heavy (non-hydrogen) atoms. The van der Waals surface area contributed by atoms with Crippen LogP contribution in [-0.4, -0.2) is 29.2 Å². The molecule has 92 valence electrons. The molecule has 2 rings (SSSR count). The highest BCUT2D eigenvalue weighted by Crippen LogP contribution is 2.28. The molecule has 5 nitrogen and oxygen atoms in total. The third-order valence-corrected chi connectivity index (χ3v) is 2.60. The number of aryl methyl sites for hydroxylation is 1. The Morgan fingerprint density at radius 3 is 2.88 bits per heavy atom. The molecule has 1 heterocycles. The number of hydrogen-bond donors (Lipinski definition) is 0. The predicted octanol–water partition coefficient (Wildman–Crippen LogP) is 1.75. The lowest BCUT2D eigenvalue weighted by Gasteiger charge is -2.07. The Morgan fingerprint density at radius 2 is 2.29 bits per heavy atom. The van der Waals surface area contributed by atoms with Crippen molar-refractivity contribution in [3.63, 3.8) is 0 Å². The number of aromatic nitrogens is 2. The predicted molar refractivity (Wildman–Crippen MR) is 60.9 cm³/mol. The minimum absolute atomic E-state index is 0.336. The molecule has 1 aliphatic carbocycles. The number of ether oxygens (including phenoxy) is 2. The summed E-state index contributed by atoms with van der Waals surface area (Å²) in [5.41, 5.74) is 0.981. The first-order chi connectivity index (χ1) is 8.20. The molecular formula is C12H16N2O3. The summed E-state index contributed by atoms with van der Waals surface area (Å²) >= 11 is 0. The molecular weight excluding hydrogens is 220 g/mol. The third kappa shape index (κ3) is 3.15. The maximum atomic E-state index is 11.5. The average molecular weight is 236 g/mol. The van der Waals surface area contributed by atoms with Gasteiger partial charge in [-0.05, 0) is 32.6 Å². The van der Waals surface area contributed by atoms with Gasteiger partial charge in [0.05, 0.1) is 24.5 Å². The van der Waals surface area contributed by atoms with E-state index in [9.17, 15) is 4.79 Å². The second-order valence-corrected chi connectivity index (χ2v) is 4.13. The monoisotopic (exact) mass is 236 g/mol. The molecule has 5 heteroatoms. The van der Waals surface area contributed by atoms with E-state index >= 15 is 0 Å². The number of esters is 1. The van der Waals surface area contributed by atoms with Crippen molar-refractivity contribution in [2.45, 2.75) is 26.7 Å². The van der Waals surface area contributed by atoms with Crippen LogP contribution in [0.5, 0.6) is 6.01 Å². The molecule has 0 atom stereocenters. The molecule has 0 radical (unpaired) electrons. The van der Waals surface area contributed by atoms with Crippen LogP contribution in [0.3, 0.4) is 0 Å². The Labute approximate surface area is 100 Å². The Morgan fingerprint density at radius 1 is 1.53 bits per heavy atom. The summed E-state index contributed by atoms with van der Waals surface area (Å²) in [6, 6.07) is 0.336. The van der Waals surface area contributed by atoms with Crippen molar-refractivity contribution in [2.24, 2.45) is 5.92 Å². The van der Waals surface area contributed by atoms with E-state index in [0.29, 0.717) is 36.4 Å². The van der Waals surface area contributed by atoms with E-state index in [0.717, 1.165) is 0 Å². The van der Waals surface area contributed by atoms with Gasteiger partial charge in [-0.1, -0.05) is 0 Å². The molecule has 0 unspecified atom stereocenters. The van der Waals surface area contributed by atoms with Gasteiger partial charge in [-0.3, -0.25) is 0 Å². The standard InChI is InChI=1S/C12H16N2O3/c1-3-16-11(15)10-6-13-12(14-8(10)2)17-7-9-4-5-9/h6,9H,3-5,7H2,1-2H3. The van der Waals surface area contributed by atoms with Gasteiger partial charge >= 0.3 is 12.0 Å². The smallest absolute Gasteiger partial charge is 0.341 e. The molecule has 0 amide bonds. The first-order valence-electron chi connectivity index (χ1n) is 5.84. The van der Waals surface area contributed by atoms with Crippen LogP contribution >= 0.6 is 0 Å². The van der Waals surface area contributed by atoms with Crippen LogP contribution in [-0.2, 0) is 4.74 Å². The van der Waals surface area contributed by atoms with Crippen LogP contribution < -0.4 is 4.74 Å². The maximum absolute atomic E-state index is 11.5. The van der Waals surface area contributed by atoms with Crippen LogP contribution in [0.4, 0.5) is 0 Å². The topological polar surface area (TPSA) is 61.3 Å². The summed E-state index contributed by atoms with van der Waals surface area (Å²) in [4.78, 5) is 19.7. The highest BCUT2D eigenvalue weighted by molar-refractivity contribution is 5.90. The number of rotatable bonds is 5. The minimum atomic E-state index is -0.390. The Bertz CT molecular complexity index is 416. The van der Waals surface area contributed by atoms with Crippen LogP contribution in [0.2, 0.25) is 0 Å². The van der Waals surface area contributed by atoms with Gasteiger partial charge in [-0.2, -0.15) is 4.98 Å². The van der Waals surface area contributed by atoms with Crippen molar-refractivity contribution in [3.05, 3.63) is 17.5 Å². The first-order valence-corrected chi connectivity index (χ1v) is 5.84. The van der Waals surface area contributed by atoms with Crippen molar-refractivity contribution in [2.75, 3.05) is 13.2 Å². The molecule has 0 aromatic carbocycles. The summed E-state index contributed by atoms with van der Waals surface area (Å²) in [7, 11) is 0. The highest BCUT2D eigenvalue weighted by atomic mass is 16.5. The lowest BCUT2D eigenvalue weighted by molar-refractivity contribution is 0.0524. The minimum Gasteiger partial charge on any atom is -0.463 e. The first kappa shape index (κ1) is 11.8. The van der Waals surface area contributed by atoms with Gasteiger partial charge in [-0.25, -0.2) is 9.78 Å². The zero-order valence-electron chi connectivity index (χ0n) is 10.1. The van der Waals surface area contributed by atoms with E-state index in [2.05, 4.69) is 9.97 Å². The van der Waals surface area contributed by atoms with E-state index in [1.165, 1.54) is 19.0 Å². The Kier molecular flexibility index (Phi) is 3.56. The molecule has 0 aliphatic heterocycles. The molecule has 1 aromatic rings. The van der Waals surface area contributed by atoms with Crippen LogP contribution in [0.1, 0.15) is 35.8 Å². The van der Waals surface area contributed by atoms with E-state index in [4.69, 9.17) is 9.47 Å². The molecule has 0 spiro atoms. The average Bonchev–Trinajstić information content (AvgIpc) is 3.10. The van der Waals surface area contributed by atoms with Crippen molar-refractivity contribution in [1.82, 2.24) is 9.97 Å². The number of nitrogens with zero attached hydrogens (tertiary/aromatic N) is 2. The summed E-state index contributed by atoms with van der Waals surface area (Å²) in [6.45, 7) is 4.52. The largest absolute Gasteiger partial charge is 0.463 e. The molecule has 1 aliphatic rings. The summed E-state index contributed by atoms with van der Waals surface area (Å²) in [5, 5.41) is 0. The van der Waals surface area contributed by atoms with Crippen molar-refractivity contribution in [3.8, 4) is 6.01 Å². The van der Waals surface area contributed by atoms with Crippen LogP contribution in [0, 0.1) is 12.8 Å². The van der Waals surface area contributed by atoms with Gasteiger partial charge in [-0.15, -0.1) is 0 Å². The fraction of sp³-hybridized carbons (Fsp3) is 0.583. The van der Waals surface area contributed by atoms with Gasteiger partial charge in [0.15, 0.2) is 0 Å². The van der Waals surface area contributed by atoms with E-state index in [1.54, 1.807) is 13.8 Å². The number of carbonyl (C=O) groups is 1. The zero-order chi connectivity index (χ0) is 12.3. The second-order valence-electron chi connectivity index (χ2n) is 4.13. The van der Waals surface area contributed by atoms with Gasteiger partial charge < -0.3 is 9.47 Å². The Hall–Kier alpha value is -1.65. The summed E-state index contributed by atoms with van der Waals surface area (Å²) in [6.07, 6.45) is 3.91. The van der Waals surface area contributed by atoms with E-state index in [-0.39, 0.29) is 0 Å². The fourth-order valence-electron chi connectivity index (χ4n) is 1.40.